The third-order valence-electron chi connectivity index (χ3n) is 3.51. The minimum atomic E-state index is -0.174. The highest BCUT2D eigenvalue weighted by molar-refractivity contribution is 4.87. The number of hydrogen-bond acceptors (Lipinski definition) is 3. The molecule has 0 amide bonds. The maximum atomic E-state index is 9.47. The summed E-state index contributed by atoms with van der Waals surface area (Å²) in [5.41, 5.74) is 0. The predicted molar refractivity (Wildman–Crippen MR) is 61.9 cm³/mol. The zero-order valence-electron chi connectivity index (χ0n) is 9.78. The Hall–Kier alpha value is -0.120. The molecule has 3 heteroatoms. The van der Waals surface area contributed by atoms with Gasteiger partial charge in [0.1, 0.15) is 0 Å². The molecule has 2 fully saturated rings. The van der Waals surface area contributed by atoms with Crippen LogP contribution in [-0.2, 0) is 0 Å². The normalized spacial score (nSPS) is 25.8. The minimum absolute atomic E-state index is 0.174. The number of rotatable bonds is 5. The van der Waals surface area contributed by atoms with Crippen molar-refractivity contribution in [3.63, 3.8) is 0 Å². The Morgan fingerprint density at radius 1 is 1.27 bits per heavy atom. The highest BCUT2D eigenvalue weighted by atomic mass is 16.3. The summed E-state index contributed by atoms with van der Waals surface area (Å²) in [6.45, 7) is 6.33. The second-order valence-electron chi connectivity index (χ2n) is 5.23. The molecule has 2 aliphatic rings. The van der Waals surface area contributed by atoms with Gasteiger partial charge in [-0.25, -0.2) is 0 Å². The van der Waals surface area contributed by atoms with Gasteiger partial charge in [0.25, 0.3) is 0 Å². The van der Waals surface area contributed by atoms with Crippen molar-refractivity contribution in [1.82, 2.24) is 10.2 Å². The summed E-state index contributed by atoms with van der Waals surface area (Å²) < 4.78 is 0. The van der Waals surface area contributed by atoms with Gasteiger partial charge in [0, 0.05) is 19.1 Å². The van der Waals surface area contributed by atoms with Crippen LogP contribution in [0, 0.1) is 5.92 Å². The molecule has 1 heterocycles. The van der Waals surface area contributed by atoms with Gasteiger partial charge >= 0.3 is 0 Å². The Morgan fingerprint density at radius 2 is 1.93 bits per heavy atom. The topological polar surface area (TPSA) is 35.5 Å². The smallest absolute Gasteiger partial charge is 0.0639 e. The molecule has 2 N–H and O–H groups in total. The van der Waals surface area contributed by atoms with Crippen molar-refractivity contribution in [2.75, 3.05) is 26.2 Å². The molecule has 1 aliphatic heterocycles. The number of nitrogens with one attached hydrogen (secondary N) is 1. The summed E-state index contributed by atoms with van der Waals surface area (Å²) in [4.78, 5) is 2.51. The monoisotopic (exact) mass is 212 g/mol. The molecular weight excluding hydrogens is 188 g/mol. The Bertz CT molecular complexity index is 186. The van der Waals surface area contributed by atoms with E-state index in [-0.39, 0.29) is 6.10 Å². The summed E-state index contributed by atoms with van der Waals surface area (Å²) >= 11 is 0. The summed E-state index contributed by atoms with van der Waals surface area (Å²) in [5.74, 6) is 0.852. The molecular formula is C12H24N2O. The largest absolute Gasteiger partial charge is 0.392 e. The van der Waals surface area contributed by atoms with Crippen LogP contribution in [-0.4, -0.2) is 48.3 Å². The average molecular weight is 212 g/mol. The lowest BCUT2D eigenvalue weighted by Gasteiger charge is -2.30. The molecule has 0 aromatic rings. The summed E-state index contributed by atoms with van der Waals surface area (Å²) in [7, 11) is 0. The van der Waals surface area contributed by atoms with E-state index in [0.717, 1.165) is 18.5 Å². The molecule has 1 saturated heterocycles. The zero-order chi connectivity index (χ0) is 10.7. The van der Waals surface area contributed by atoms with Crippen molar-refractivity contribution in [2.24, 2.45) is 5.92 Å². The van der Waals surface area contributed by atoms with Gasteiger partial charge in [0.2, 0.25) is 0 Å². The summed E-state index contributed by atoms with van der Waals surface area (Å²) in [6, 6.07) is 0.787. The summed E-state index contributed by atoms with van der Waals surface area (Å²) in [5, 5.41) is 12.9. The third-order valence-corrected chi connectivity index (χ3v) is 3.51. The Kier molecular flexibility index (Phi) is 4.00. The highest BCUT2D eigenvalue weighted by Crippen LogP contribution is 2.28. The van der Waals surface area contributed by atoms with Crippen molar-refractivity contribution >= 4 is 0 Å². The Balaban J connectivity index is 1.77. The number of aliphatic hydroxyl groups is 1. The first-order chi connectivity index (χ1) is 7.25. The van der Waals surface area contributed by atoms with Crippen LogP contribution in [0.1, 0.15) is 32.6 Å². The van der Waals surface area contributed by atoms with Gasteiger partial charge in [0.05, 0.1) is 6.10 Å². The van der Waals surface area contributed by atoms with E-state index in [2.05, 4.69) is 10.2 Å². The number of piperidine rings is 1. The molecule has 0 bridgehead atoms. The molecule has 0 radical (unpaired) electrons. The maximum absolute atomic E-state index is 9.47. The van der Waals surface area contributed by atoms with E-state index in [1.54, 1.807) is 0 Å². The minimum Gasteiger partial charge on any atom is -0.392 e. The second kappa shape index (κ2) is 5.28. The quantitative estimate of drug-likeness (QED) is 0.708. The van der Waals surface area contributed by atoms with Crippen LogP contribution in [0.3, 0.4) is 0 Å². The lowest BCUT2D eigenvalue weighted by Crippen LogP contribution is -2.40. The Labute approximate surface area is 92.8 Å². The van der Waals surface area contributed by atoms with Crippen LogP contribution in [0.2, 0.25) is 0 Å². The first kappa shape index (κ1) is 11.4. The van der Waals surface area contributed by atoms with Gasteiger partial charge in [0.15, 0.2) is 0 Å². The fourth-order valence-electron chi connectivity index (χ4n) is 2.55. The van der Waals surface area contributed by atoms with Gasteiger partial charge < -0.3 is 10.4 Å². The van der Waals surface area contributed by atoms with Crippen LogP contribution in [0.15, 0.2) is 0 Å². The van der Waals surface area contributed by atoms with E-state index < -0.39 is 0 Å². The SMILES string of the molecule is C[C@@H](O)CN(CC1CCNCC1)C1CC1. The van der Waals surface area contributed by atoms with Crippen molar-refractivity contribution in [3.05, 3.63) is 0 Å². The van der Waals surface area contributed by atoms with E-state index in [1.807, 2.05) is 6.92 Å². The molecule has 88 valence electrons. The van der Waals surface area contributed by atoms with E-state index in [0.29, 0.717) is 0 Å². The van der Waals surface area contributed by atoms with Gasteiger partial charge in [-0.05, 0) is 51.6 Å². The Morgan fingerprint density at radius 3 is 2.47 bits per heavy atom. The standard InChI is InChI=1S/C12H24N2O/c1-10(15)8-14(12-2-3-12)9-11-4-6-13-7-5-11/h10-13,15H,2-9H2,1H3/t10-/m1/s1. The molecule has 1 saturated carbocycles. The molecule has 15 heavy (non-hydrogen) atoms. The predicted octanol–water partition coefficient (Wildman–Crippen LogP) is 0.831. The molecule has 0 aromatic heterocycles. The first-order valence-electron chi connectivity index (χ1n) is 6.38. The van der Waals surface area contributed by atoms with Crippen molar-refractivity contribution in [1.29, 1.82) is 0 Å². The van der Waals surface area contributed by atoms with Crippen LogP contribution in [0.25, 0.3) is 0 Å². The van der Waals surface area contributed by atoms with Crippen molar-refractivity contribution in [2.45, 2.75) is 44.8 Å². The van der Waals surface area contributed by atoms with Crippen LogP contribution in [0.4, 0.5) is 0 Å². The van der Waals surface area contributed by atoms with Crippen LogP contribution in [0.5, 0.6) is 0 Å². The number of hydrogen-bond donors (Lipinski definition) is 2. The van der Waals surface area contributed by atoms with E-state index in [4.69, 9.17) is 0 Å². The molecule has 2 rings (SSSR count). The van der Waals surface area contributed by atoms with Crippen molar-refractivity contribution < 1.29 is 5.11 Å². The van der Waals surface area contributed by atoms with Crippen LogP contribution >= 0.6 is 0 Å². The van der Waals surface area contributed by atoms with E-state index in [9.17, 15) is 5.11 Å². The fourth-order valence-corrected chi connectivity index (χ4v) is 2.55. The molecule has 1 atom stereocenters. The molecule has 0 unspecified atom stereocenters. The summed E-state index contributed by atoms with van der Waals surface area (Å²) in [6.07, 6.45) is 5.13. The second-order valence-corrected chi connectivity index (χ2v) is 5.23. The maximum Gasteiger partial charge on any atom is 0.0639 e. The zero-order valence-corrected chi connectivity index (χ0v) is 9.78. The lowest BCUT2D eigenvalue weighted by atomic mass is 9.97. The van der Waals surface area contributed by atoms with Gasteiger partial charge in [-0.2, -0.15) is 0 Å². The molecule has 0 aromatic carbocycles. The van der Waals surface area contributed by atoms with E-state index in [1.165, 1.54) is 45.3 Å². The van der Waals surface area contributed by atoms with Crippen LogP contribution < -0.4 is 5.32 Å². The van der Waals surface area contributed by atoms with E-state index >= 15 is 0 Å². The molecule has 1 aliphatic carbocycles. The van der Waals surface area contributed by atoms with Gasteiger partial charge in [-0.3, -0.25) is 4.90 Å². The number of nitrogens with zero attached hydrogens (tertiary/aromatic N) is 1. The number of aliphatic hydroxyl groups excluding tert-OH is 1. The molecule has 3 nitrogen and oxygen atoms in total. The van der Waals surface area contributed by atoms with Crippen molar-refractivity contribution in [3.8, 4) is 0 Å². The van der Waals surface area contributed by atoms with Gasteiger partial charge in [-0.15, -0.1) is 0 Å². The lowest BCUT2D eigenvalue weighted by molar-refractivity contribution is 0.105. The van der Waals surface area contributed by atoms with Gasteiger partial charge in [-0.1, -0.05) is 0 Å². The average Bonchev–Trinajstić information content (AvgIpc) is 3.01. The first-order valence-corrected chi connectivity index (χ1v) is 6.38. The molecule has 0 spiro atoms. The highest BCUT2D eigenvalue weighted by Gasteiger charge is 2.31. The third kappa shape index (κ3) is 3.74. The fraction of sp³-hybridized carbons (Fsp3) is 1.00.